The van der Waals surface area contributed by atoms with Crippen LogP contribution < -0.4 is 14.4 Å². The van der Waals surface area contributed by atoms with Crippen LogP contribution in [0.4, 0.5) is 5.69 Å². The van der Waals surface area contributed by atoms with Gasteiger partial charge in [-0.2, -0.15) is 0 Å². The van der Waals surface area contributed by atoms with E-state index in [4.69, 9.17) is 16.3 Å². The number of ether oxygens (including phenoxy) is 1. The van der Waals surface area contributed by atoms with E-state index >= 15 is 0 Å². The van der Waals surface area contributed by atoms with Gasteiger partial charge < -0.3 is 10.1 Å². The van der Waals surface area contributed by atoms with Crippen molar-refractivity contribution in [1.29, 1.82) is 0 Å². The third-order valence-electron chi connectivity index (χ3n) is 5.62. The van der Waals surface area contributed by atoms with Gasteiger partial charge in [0.25, 0.3) is 10.0 Å². The van der Waals surface area contributed by atoms with Crippen molar-refractivity contribution in [2.24, 2.45) is 5.92 Å². The van der Waals surface area contributed by atoms with E-state index < -0.39 is 15.9 Å². The average molecular weight is 515 g/mol. The molecule has 0 aliphatic rings. The normalized spacial score (nSPS) is 12.3. The molecule has 8 heteroatoms. The fourth-order valence-corrected chi connectivity index (χ4v) is 5.49. The van der Waals surface area contributed by atoms with Crippen molar-refractivity contribution in [3.8, 4) is 5.75 Å². The van der Waals surface area contributed by atoms with Gasteiger partial charge in [-0.25, -0.2) is 8.42 Å². The summed E-state index contributed by atoms with van der Waals surface area (Å²) in [5, 5.41) is 3.43. The van der Waals surface area contributed by atoms with Crippen LogP contribution in [0.25, 0.3) is 0 Å². The lowest BCUT2D eigenvalue weighted by Crippen LogP contribution is -2.42. The number of nitrogens with one attached hydrogen (secondary N) is 1. The molecule has 3 aromatic rings. The Morgan fingerprint density at radius 2 is 1.69 bits per heavy atom. The number of nitrogens with zero attached hydrogens (tertiary/aromatic N) is 1. The molecule has 3 rings (SSSR count). The maximum Gasteiger partial charge on any atom is 0.264 e. The number of amides is 1. The van der Waals surface area contributed by atoms with E-state index in [0.29, 0.717) is 28.6 Å². The molecule has 0 spiro atoms. The number of hydrogen-bond acceptors (Lipinski definition) is 4. The summed E-state index contributed by atoms with van der Waals surface area (Å²) in [6, 6.07) is 20.3. The number of anilines is 1. The molecule has 0 unspecified atom stereocenters. The quantitative estimate of drug-likeness (QED) is 0.373. The molecule has 35 heavy (non-hydrogen) atoms. The molecule has 1 amide bonds. The first kappa shape index (κ1) is 26.6. The molecule has 0 aromatic heterocycles. The summed E-state index contributed by atoms with van der Waals surface area (Å²) in [4.78, 5) is 13.4. The predicted octanol–water partition coefficient (Wildman–Crippen LogP) is 5.76. The molecule has 1 atom stereocenters. The topological polar surface area (TPSA) is 75.7 Å². The molecule has 0 fully saturated rings. The van der Waals surface area contributed by atoms with Crippen LogP contribution in [0.5, 0.6) is 5.75 Å². The summed E-state index contributed by atoms with van der Waals surface area (Å²) in [5.41, 5.74) is 1.97. The van der Waals surface area contributed by atoms with E-state index in [1.807, 2.05) is 24.3 Å². The number of halogens is 1. The predicted molar refractivity (Wildman–Crippen MR) is 140 cm³/mol. The largest absolute Gasteiger partial charge is 0.497 e. The molecule has 0 radical (unpaired) electrons. The molecular formula is C27H31ClN2O4S. The Kier molecular flexibility index (Phi) is 8.81. The van der Waals surface area contributed by atoms with E-state index in [9.17, 15) is 13.2 Å². The van der Waals surface area contributed by atoms with Crippen LogP contribution in [0.2, 0.25) is 5.02 Å². The van der Waals surface area contributed by atoms with Gasteiger partial charge in [-0.1, -0.05) is 61.8 Å². The third kappa shape index (κ3) is 6.77. The van der Waals surface area contributed by atoms with Gasteiger partial charge in [0, 0.05) is 5.02 Å². The van der Waals surface area contributed by atoms with Crippen molar-refractivity contribution in [1.82, 2.24) is 5.32 Å². The van der Waals surface area contributed by atoms with Crippen molar-refractivity contribution in [3.63, 3.8) is 0 Å². The molecular weight excluding hydrogens is 484 g/mol. The van der Waals surface area contributed by atoms with E-state index in [2.05, 4.69) is 19.2 Å². The van der Waals surface area contributed by atoms with Gasteiger partial charge in [0.1, 0.15) is 12.3 Å². The number of sulfonamides is 1. The second-order valence-electron chi connectivity index (χ2n) is 8.78. The Labute approximate surface area is 212 Å². The lowest BCUT2D eigenvalue weighted by Gasteiger charge is -2.27. The van der Waals surface area contributed by atoms with Crippen molar-refractivity contribution < 1.29 is 17.9 Å². The van der Waals surface area contributed by atoms with Gasteiger partial charge in [0.2, 0.25) is 5.91 Å². The summed E-state index contributed by atoms with van der Waals surface area (Å²) in [5.74, 6) is 0.618. The van der Waals surface area contributed by atoms with Gasteiger partial charge in [-0.15, -0.1) is 0 Å². The van der Waals surface area contributed by atoms with E-state index in [1.165, 1.54) is 12.1 Å². The molecule has 0 bridgehead atoms. The van der Waals surface area contributed by atoms with Crippen molar-refractivity contribution >= 4 is 33.2 Å². The Bertz CT molecular complexity index is 1250. The second-order valence-corrected chi connectivity index (χ2v) is 11.1. The summed E-state index contributed by atoms with van der Waals surface area (Å²) >= 11 is 6.21. The minimum atomic E-state index is -4.02. The highest BCUT2D eigenvalue weighted by Gasteiger charge is 2.29. The second kappa shape index (κ2) is 11.6. The van der Waals surface area contributed by atoms with E-state index in [1.54, 1.807) is 50.4 Å². The zero-order valence-electron chi connectivity index (χ0n) is 20.4. The van der Waals surface area contributed by atoms with Crippen LogP contribution in [0.3, 0.4) is 0 Å². The van der Waals surface area contributed by atoms with Crippen LogP contribution >= 0.6 is 11.6 Å². The van der Waals surface area contributed by atoms with Crippen LogP contribution in [-0.2, 0) is 14.8 Å². The Morgan fingerprint density at radius 3 is 2.29 bits per heavy atom. The highest BCUT2D eigenvalue weighted by molar-refractivity contribution is 7.92. The van der Waals surface area contributed by atoms with Gasteiger partial charge in [0.05, 0.1) is 23.7 Å². The van der Waals surface area contributed by atoms with Gasteiger partial charge >= 0.3 is 0 Å². The van der Waals surface area contributed by atoms with Crippen LogP contribution in [0.1, 0.15) is 37.4 Å². The van der Waals surface area contributed by atoms with Crippen LogP contribution in [0.15, 0.2) is 77.7 Å². The molecule has 0 aliphatic carbocycles. The first-order valence-corrected chi connectivity index (χ1v) is 13.2. The Morgan fingerprint density at radius 1 is 1.03 bits per heavy atom. The first-order valence-electron chi connectivity index (χ1n) is 11.4. The maximum atomic E-state index is 13.6. The molecule has 6 nitrogen and oxygen atoms in total. The highest BCUT2D eigenvalue weighted by atomic mass is 35.5. The van der Waals surface area contributed by atoms with Crippen molar-refractivity contribution in [2.45, 2.75) is 38.1 Å². The lowest BCUT2D eigenvalue weighted by atomic mass is 9.97. The minimum Gasteiger partial charge on any atom is -0.497 e. The fraction of sp³-hybridized carbons (Fsp3) is 0.296. The Hall–Kier alpha value is -3.03. The number of carbonyl (C=O) groups excluding carboxylic acids is 1. The van der Waals surface area contributed by atoms with Gasteiger partial charge in [0.15, 0.2) is 0 Å². The molecule has 1 N–H and O–H groups in total. The molecule has 0 heterocycles. The van der Waals surface area contributed by atoms with Crippen LogP contribution in [-0.4, -0.2) is 28.0 Å². The summed E-state index contributed by atoms with van der Waals surface area (Å²) in [6.07, 6.45) is 0.694. The smallest absolute Gasteiger partial charge is 0.264 e. The average Bonchev–Trinajstić information content (AvgIpc) is 2.84. The fourth-order valence-electron chi connectivity index (χ4n) is 3.83. The zero-order valence-corrected chi connectivity index (χ0v) is 21.9. The first-order chi connectivity index (χ1) is 16.6. The number of benzene rings is 3. The number of hydrogen-bond donors (Lipinski definition) is 1. The molecule has 0 aliphatic heterocycles. The molecule has 0 saturated carbocycles. The lowest BCUT2D eigenvalue weighted by molar-refractivity contribution is -0.120. The van der Waals surface area contributed by atoms with Gasteiger partial charge in [-0.05, 0) is 66.8 Å². The van der Waals surface area contributed by atoms with E-state index in [0.717, 1.165) is 15.6 Å². The van der Waals surface area contributed by atoms with Crippen molar-refractivity contribution in [3.05, 3.63) is 88.9 Å². The summed E-state index contributed by atoms with van der Waals surface area (Å²) in [7, 11) is -2.42. The number of aryl methyl sites for hydroxylation is 1. The summed E-state index contributed by atoms with van der Waals surface area (Å²) in [6.45, 7) is 5.55. The standard InChI is InChI=1S/C27H31ClN2O4S/c1-19(2)16-25(21-11-14-23(34-4)15-12-21)29-27(31)18-30(26-17-22(28)13-10-20(26)3)35(32,33)24-8-6-5-7-9-24/h5-15,17,19,25H,16,18H2,1-4H3,(H,29,31)/t25-/m0/s1. The zero-order chi connectivity index (χ0) is 25.6. The number of rotatable bonds is 10. The molecule has 186 valence electrons. The van der Waals surface area contributed by atoms with Crippen molar-refractivity contribution in [2.75, 3.05) is 18.0 Å². The van der Waals surface area contributed by atoms with E-state index in [-0.39, 0.29) is 17.5 Å². The number of carbonyl (C=O) groups is 1. The molecule has 0 saturated heterocycles. The summed E-state index contributed by atoms with van der Waals surface area (Å²) < 4.78 is 33.6. The van der Waals surface area contributed by atoms with Gasteiger partial charge in [-0.3, -0.25) is 9.10 Å². The number of methoxy groups -OCH3 is 1. The minimum absolute atomic E-state index is 0.0982. The Balaban J connectivity index is 1.95. The molecule has 3 aromatic carbocycles. The van der Waals surface area contributed by atoms with Crippen LogP contribution in [0, 0.1) is 12.8 Å². The maximum absolute atomic E-state index is 13.6. The third-order valence-corrected chi connectivity index (χ3v) is 7.63. The highest BCUT2D eigenvalue weighted by Crippen LogP contribution is 2.30. The monoisotopic (exact) mass is 514 g/mol. The SMILES string of the molecule is COc1ccc([C@H](CC(C)C)NC(=O)CN(c2cc(Cl)ccc2C)S(=O)(=O)c2ccccc2)cc1.